The number of aliphatic hydroxyl groups is 2. The molecule has 4 fully saturated rings. The summed E-state index contributed by atoms with van der Waals surface area (Å²) in [4.78, 5) is 11.8. The fourth-order valence-corrected chi connectivity index (χ4v) is 6.89. The molecule has 0 spiro atoms. The summed E-state index contributed by atoms with van der Waals surface area (Å²) in [6, 6.07) is 0. The smallest absolute Gasteiger partial charge is 0.306 e. The van der Waals surface area contributed by atoms with Crippen molar-refractivity contribution in [2.45, 2.75) is 83.0 Å². The molecule has 1 saturated heterocycles. The summed E-state index contributed by atoms with van der Waals surface area (Å²) in [5.41, 5.74) is -0.350. The number of hydrogen-bond donors (Lipinski definition) is 2. The number of rotatable bonds is 0. The predicted molar refractivity (Wildman–Crippen MR) is 85.5 cm³/mol. The molecule has 4 aliphatic rings. The summed E-state index contributed by atoms with van der Waals surface area (Å²) < 4.78 is 5.74. The molecule has 8 atom stereocenters. The maximum absolute atomic E-state index is 11.8. The van der Waals surface area contributed by atoms with Crippen molar-refractivity contribution in [1.82, 2.24) is 0 Å². The van der Waals surface area contributed by atoms with Gasteiger partial charge >= 0.3 is 5.97 Å². The molecule has 0 aromatic carbocycles. The van der Waals surface area contributed by atoms with Crippen LogP contribution < -0.4 is 0 Å². The van der Waals surface area contributed by atoms with E-state index in [0.29, 0.717) is 36.5 Å². The minimum atomic E-state index is -0.479. The van der Waals surface area contributed by atoms with Crippen molar-refractivity contribution < 1.29 is 19.7 Å². The second kappa shape index (κ2) is 5.19. The molecule has 0 unspecified atom stereocenters. The summed E-state index contributed by atoms with van der Waals surface area (Å²) in [5.74, 6) is 1.56. The van der Waals surface area contributed by atoms with E-state index in [0.717, 1.165) is 38.5 Å². The van der Waals surface area contributed by atoms with Gasteiger partial charge in [-0.3, -0.25) is 4.79 Å². The van der Waals surface area contributed by atoms with E-state index in [1.807, 2.05) is 6.92 Å². The fraction of sp³-hybridized carbons (Fsp3) is 0.947. The highest BCUT2D eigenvalue weighted by molar-refractivity contribution is 5.71. The van der Waals surface area contributed by atoms with E-state index in [1.165, 1.54) is 0 Å². The maximum atomic E-state index is 11.8. The number of hydrogen-bond acceptors (Lipinski definition) is 4. The first-order chi connectivity index (χ1) is 10.8. The Morgan fingerprint density at radius 2 is 1.91 bits per heavy atom. The highest BCUT2D eigenvalue weighted by Crippen LogP contribution is 2.63. The van der Waals surface area contributed by atoms with E-state index in [2.05, 4.69) is 6.92 Å². The van der Waals surface area contributed by atoms with Crippen LogP contribution >= 0.6 is 0 Å². The molecule has 3 saturated carbocycles. The molecule has 0 aromatic rings. The van der Waals surface area contributed by atoms with E-state index in [-0.39, 0.29) is 17.5 Å². The van der Waals surface area contributed by atoms with E-state index in [4.69, 9.17) is 4.74 Å². The minimum Gasteiger partial charge on any atom is -0.459 e. The van der Waals surface area contributed by atoms with Gasteiger partial charge in [-0.15, -0.1) is 0 Å². The van der Waals surface area contributed by atoms with Gasteiger partial charge in [-0.1, -0.05) is 6.92 Å². The van der Waals surface area contributed by atoms with E-state index in [9.17, 15) is 15.0 Å². The van der Waals surface area contributed by atoms with Gasteiger partial charge < -0.3 is 14.9 Å². The zero-order valence-electron chi connectivity index (χ0n) is 14.3. The zero-order valence-corrected chi connectivity index (χ0v) is 14.3. The lowest BCUT2D eigenvalue weighted by Crippen LogP contribution is -2.63. The summed E-state index contributed by atoms with van der Waals surface area (Å²) in [5, 5.41) is 21.1. The normalized spacial score (nSPS) is 56.1. The van der Waals surface area contributed by atoms with Gasteiger partial charge in [0.05, 0.1) is 12.2 Å². The molecule has 4 nitrogen and oxygen atoms in total. The number of esters is 1. The van der Waals surface area contributed by atoms with Crippen LogP contribution in [0.4, 0.5) is 0 Å². The summed E-state index contributed by atoms with van der Waals surface area (Å²) in [7, 11) is 0. The Morgan fingerprint density at radius 1 is 1.13 bits per heavy atom. The first-order valence-electron chi connectivity index (χ1n) is 9.41. The van der Waals surface area contributed by atoms with Crippen LogP contribution in [0.15, 0.2) is 0 Å². The number of carbonyl (C=O) groups is 1. The van der Waals surface area contributed by atoms with E-state index >= 15 is 0 Å². The molecule has 2 N–H and O–H groups in total. The van der Waals surface area contributed by atoms with Crippen LogP contribution in [-0.4, -0.2) is 34.0 Å². The third kappa shape index (κ3) is 2.28. The molecule has 3 aliphatic carbocycles. The lowest BCUT2D eigenvalue weighted by molar-refractivity contribution is -0.228. The second-order valence-corrected chi connectivity index (χ2v) is 9.10. The largest absolute Gasteiger partial charge is 0.459 e. The molecule has 0 amide bonds. The third-order valence-electron chi connectivity index (χ3n) is 7.91. The van der Waals surface area contributed by atoms with E-state index in [1.54, 1.807) is 0 Å². The van der Waals surface area contributed by atoms with Crippen LogP contribution in [0.1, 0.15) is 65.2 Å². The lowest BCUT2D eigenvalue weighted by Gasteiger charge is -2.63. The summed E-state index contributed by atoms with van der Waals surface area (Å²) in [6.45, 7) is 4.38. The lowest BCUT2D eigenvalue weighted by atomic mass is 9.45. The van der Waals surface area contributed by atoms with Gasteiger partial charge in [0, 0.05) is 18.8 Å². The van der Waals surface area contributed by atoms with E-state index < -0.39 is 11.7 Å². The molecule has 4 rings (SSSR count). The van der Waals surface area contributed by atoms with Crippen LogP contribution in [0, 0.1) is 29.1 Å². The van der Waals surface area contributed by atoms with Gasteiger partial charge in [-0.05, 0) is 68.6 Å². The Kier molecular flexibility index (Phi) is 3.59. The highest BCUT2D eigenvalue weighted by atomic mass is 16.6. The van der Waals surface area contributed by atoms with Crippen LogP contribution in [0.3, 0.4) is 0 Å². The van der Waals surface area contributed by atoms with Gasteiger partial charge in [0.2, 0.25) is 0 Å². The maximum Gasteiger partial charge on any atom is 0.306 e. The SMILES string of the molecule is C[C@]12CC[C@@H](O)C[C@@H]1CC[C@@H]1[C@@H]2[C@@H](O)C[C@]2(C)OC(=O)CC[C@@H]12. The van der Waals surface area contributed by atoms with Crippen molar-refractivity contribution in [3.8, 4) is 0 Å². The molecule has 1 heterocycles. The van der Waals surface area contributed by atoms with Crippen molar-refractivity contribution >= 4 is 5.97 Å². The minimum absolute atomic E-state index is 0.102. The quantitative estimate of drug-likeness (QED) is 0.673. The Hall–Kier alpha value is -0.610. The Labute approximate surface area is 138 Å². The van der Waals surface area contributed by atoms with Crippen molar-refractivity contribution in [3.63, 3.8) is 0 Å². The van der Waals surface area contributed by atoms with Crippen molar-refractivity contribution in [1.29, 1.82) is 0 Å². The molecule has 0 radical (unpaired) electrons. The molecule has 1 aliphatic heterocycles. The highest BCUT2D eigenvalue weighted by Gasteiger charge is 2.61. The molecule has 0 aromatic heterocycles. The fourth-order valence-electron chi connectivity index (χ4n) is 6.89. The van der Waals surface area contributed by atoms with Gasteiger partial charge in [0.15, 0.2) is 0 Å². The van der Waals surface area contributed by atoms with Crippen LogP contribution in [-0.2, 0) is 9.53 Å². The number of aliphatic hydroxyl groups excluding tert-OH is 2. The van der Waals surface area contributed by atoms with Crippen LogP contribution in [0.2, 0.25) is 0 Å². The van der Waals surface area contributed by atoms with Gasteiger partial charge in [0.25, 0.3) is 0 Å². The van der Waals surface area contributed by atoms with Gasteiger partial charge in [0.1, 0.15) is 5.60 Å². The summed E-state index contributed by atoms with van der Waals surface area (Å²) in [6.07, 6.45) is 6.47. The number of ether oxygens (including phenoxy) is 1. The van der Waals surface area contributed by atoms with Gasteiger partial charge in [-0.2, -0.15) is 0 Å². The monoisotopic (exact) mass is 322 g/mol. The van der Waals surface area contributed by atoms with Crippen molar-refractivity contribution in [2.75, 3.05) is 0 Å². The second-order valence-electron chi connectivity index (χ2n) is 9.10. The Balaban J connectivity index is 1.66. The number of carbonyl (C=O) groups excluding carboxylic acids is 1. The Morgan fingerprint density at radius 3 is 2.70 bits per heavy atom. The summed E-state index contributed by atoms with van der Waals surface area (Å²) >= 11 is 0. The first-order valence-corrected chi connectivity index (χ1v) is 9.41. The average molecular weight is 322 g/mol. The molecular formula is C19H30O4. The number of fused-ring (bicyclic) bond motifs is 5. The standard InChI is InChI=1S/C19H30O4/c1-18-8-7-12(20)9-11(18)3-4-13-14-5-6-16(22)23-19(14,2)10-15(21)17(13)18/h11-15,17,20-21H,3-10H2,1-2H3/t11-,12+,13-,14-,15-,17+,18-,19-/m0/s1. The molecular weight excluding hydrogens is 292 g/mol. The average Bonchev–Trinajstić information content (AvgIpc) is 2.46. The molecule has 23 heavy (non-hydrogen) atoms. The molecule has 130 valence electrons. The zero-order chi connectivity index (χ0) is 16.4. The molecule has 0 bridgehead atoms. The first kappa shape index (κ1) is 15.9. The van der Waals surface area contributed by atoms with Crippen molar-refractivity contribution in [3.05, 3.63) is 0 Å². The molecule has 4 heteroatoms. The topological polar surface area (TPSA) is 66.8 Å². The predicted octanol–water partition coefficient (Wildman–Crippen LogP) is 2.66. The van der Waals surface area contributed by atoms with Crippen LogP contribution in [0.5, 0.6) is 0 Å². The van der Waals surface area contributed by atoms with Gasteiger partial charge in [-0.25, -0.2) is 0 Å². The van der Waals surface area contributed by atoms with Crippen LogP contribution in [0.25, 0.3) is 0 Å². The van der Waals surface area contributed by atoms with Crippen molar-refractivity contribution in [2.24, 2.45) is 29.1 Å². The Bertz CT molecular complexity index is 506. The third-order valence-corrected chi connectivity index (χ3v) is 7.91.